The maximum atomic E-state index is 12.7. The molecule has 1 amide bonds. The number of aromatic nitrogens is 1. The Labute approximate surface area is 172 Å². The number of amides is 1. The molecule has 0 unspecified atom stereocenters. The number of carbonyl (C=O) groups excluding carboxylic acids is 1. The minimum absolute atomic E-state index is 0.0148. The molecule has 0 radical (unpaired) electrons. The van der Waals surface area contributed by atoms with Crippen molar-refractivity contribution in [2.75, 3.05) is 18.1 Å². The van der Waals surface area contributed by atoms with Crippen LogP contribution in [-0.4, -0.2) is 29.0 Å². The van der Waals surface area contributed by atoms with Gasteiger partial charge in [-0.25, -0.2) is 4.98 Å². The van der Waals surface area contributed by atoms with Gasteiger partial charge in [0.05, 0.1) is 10.6 Å². The van der Waals surface area contributed by atoms with E-state index in [1.165, 1.54) is 28.4 Å². The van der Waals surface area contributed by atoms with Gasteiger partial charge in [0.1, 0.15) is 5.75 Å². The lowest BCUT2D eigenvalue weighted by Crippen LogP contribution is -2.35. The summed E-state index contributed by atoms with van der Waals surface area (Å²) in [4.78, 5) is 29.1. The van der Waals surface area contributed by atoms with Crippen LogP contribution in [0.4, 0.5) is 10.8 Å². The summed E-state index contributed by atoms with van der Waals surface area (Å²) in [6.07, 6.45) is 1.62. The zero-order valence-electron chi connectivity index (χ0n) is 15.8. The predicted octanol–water partition coefficient (Wildman–Crippen LogP) is 4.62. The summed E-state index contributed by atoms with van der Waals surface area (Å²) < 4.78 is 5.61. The van der Waals surface area contributed by atoms with E-state index in [0.29, 0.717) is 23.1 Å². The fraction of sp³-hybridized carbons (Fsp3) is 0.143. The number of ether oxygens (including phenoxy) is 1. The van der Waals surface area contributed by atoms with Crippen LogP contribution in [0.1, 0.15) is 5.56 Å². The number of anilines is 1. The van der Waals surface area contributed by atoms with Gasteiger partial charge in [0.2, 0.25) is 0 Å². The van der Waals surface area contributed by atoms with Crippen LogP contribution in [0.15, 0.2) is 66.6 Å². The summed E-state index contributed by atoms with van der Waals surface area (Å²) in [5.74, 6) is 0.388. The standard InChI is InChI=1S/C21H19N3O4S/c1-3-11-23(20(25)13-28-18-6-4-5-15(2)12-18)21-22-19(14-29-21)16-7-9-17(10-8-16)24(26)27/h3-10,12,14H,1,11,13H2,2H3. The number of nitro benzene ring substituents is 1. The highest BCUT2D eigenvalue weighted by atomic mass is 32.1. The molecule has 0 aliphatic rings. The highest BCUT2D eigenvalue weighted by Gasteiger charge is 2.19. The zero-order chi connectivity index (χ0) is 20.8. The molecule has 2 aromatic carbocycles. The maximum Gasteiger partial charge on any atom is 0.269 e. The Hall–Kier alpha value is -3.52. The molecule has 7 nitrogen and oxygen atoms in total. The number of non-ortho nitro benzene ring substituents is 1. The van der Waals surface area contributed by atoms with Crippen molar-refractivity contribution in [1.29, 1.82) is 0 Å². The first-order valence-corrected chi connectivity index (χ1v) is 9.67. The van der Waals surface area contributed by atoms with Crippen LogP contribution < -0.4 is 9.64 Å². The molecular weight excluding hydrogens is 390 g/mol. The highest BCUT2D eigenvalue weighted by Crippen LogP contribution is 2.29. The van der Waals surface area contributed by atoms with Crippen LogP contribution in [-0.2, 0) is 4.79 Å². The van der Waals surface area contributed by atoms with Gasteiger partial charge in [0, 0.05) is 29.6 Å². The summed E-state index contributed by atoms with van der Waals surface area (Å²) in [7, 11) is 0. The number of hydrogen-bond donors (Lipinski definition) is 0. The normalized spacial score (nSPS) is 10.4. The largest absolute Gasteiger partial charge is 0.484 e. The van der Waals surface area contributed by atoms with Gasteiger partial charge in [0.15, 0.2) is 11.7 Å². The minimum Gasteiger partial charge on any atom is -0.484 e. The van der Waals surface area contributed by atoms with E-state index in [9.17, 15) is 14.9 Å². The lowest BCUT2D eigenvalue weighted by atomic mass is 10.1. The second-order valence-corrected chi connectivity index (χ2v) is 7.05. The Morgan fingerprint density at radius 1 is 1.31 bits per heavy atom. The van der Waals surface area contributed by atoms with E-state index in [1.807, 2.05) is 25.1 Å². The molecule has 3 aromatic rings. The Kier molecular flexibility index (Phi) is 6.36. The van der Waals surface area contributed by atoms with Crippen LogP contribution in [0.2, 0.25) is 0 Å². The smallest absolute Gasteiger partial charge is 0.269 e. The second kappa shape index (κ2) is 9.11. The van der Waals surface area contributed by atoms with E-state index in [4.69, 9.17) is 4.74 Å². The van der Waals surface area contributed by atoms with Gasteiger partial charge >= 0.3 is 0 Å². The van der Waals surface area contributed by atoms with E-state index in [0.717, 1.165) is 11.1 Å². The molecule has 0 fully saturated rings. The van der Waals surface area contributed by atoms with Crippen molar-refractivity contribution in [3.05, 3.63) is 82.2 Å². The number of nitrogens with zero attached hydrogens (tertiary/aromatic N) is 3. The quantitative estimate of drug-likeness (QED) is 0.308. The lowest BCUT2D eigenvalue weighted by molar-refractivity contribution is -0.384. The molecule has 0 aliphatic heterocycles. The summed E-state index contributed by atoms with van der Waals surface area (Å²) >= 11 is 1.31. The van der Waals surface area contributed by atoms with Crippen LogP contribution in [0.5, 0.6) is 5.75 Å². The van der Waals surface area contributed by atoms with E-state index < -0.39 is 4.92 Å². The molecular formula is C21H19N3O4S. The van der Waals surface area contributed by atoms with Crippen molar-refractivity contribution in [3.63, 3.8) is 0 Å². The number of aryl methyl sites for hydroxylation is 1. The van der Waals surface area contributed by atoms with E-state index in [1.54, 1.807) is 29.7 Å². The van der Waals surface area contributed by atoms with Gasteiger partial charge in [0.25, 0.3) is 11.6 Å². The van der Waals surface area contributed by atoms with Gasteiger partial charge < -0.3 is 4.74 Å². The van der Waals surface area contributed by atoms with Crippen LogP contribution >= 0.6 is 11.3 Å². The van der Waals surface area contributed by atoms with Crippen molar-refractivity contribution in [3.8, 4) is 17.0 Å². The molecule has 0 bridgehead atoms. The number of hydrogen-bond acceptors (Lipinski definition) is 6. The van der Waals surface area contributed by atoms with E-state index in [-0.39, 0.29) is 18.2 Å². The summed E-state index contributed by atoms with van der Waals surface area (Å²) in [5.41, 5.74) is 2.44. The third kappa shape index (κ3) is 5.05. The molecule has 0 aliphatic carbocycles. The molecule has 8 heteroatoms. The molecule has 1 heterocycles. The first-order valence-electron chi connectivity index (χ1n) is 8.79. The van der Waals surface area contributed by atoms with Gasteiger partial charge in [-0.05, 0) is 36.8 Å². The molecule has 0 spiro atoms. The molecule has 3 rings (SSSR count). The lowest BCUT2D eigenvalue weighted by Gasteiger charge is -2.18. The maximum absolute atomic E-state index is 12.7. The van der Waals surface area contributed by atoms with Gasteiger partial charge in [-0.1, -0.05) is 18.2 Å². The summed E-state index contributed by atoms with van der Waals surface area (Å²) in [6, 6.07) is 13.6. The summed E-state index contributed by atoms with van der Waals surface area (Å²) in [5, 5.41) is 13.1. The Balaban J connectivity index is 1.74. The third-order valence-electron chi connectivity index (χ3n) is 4.06. The molecule has 1 aromatic heterocycles. The van der Waals surface area contributed by atoms with E-state index in [2.05, 4.69) is 11.6 Å². The highest BCUT2D eigenvalue weighted by molar-refractivity contribution is 7.14. The van der Waals surface area contributed by atoms with Crippen LogP contribution in [0.25, 0.3) is 11.3 Å². The number of benzene rings is 2. The SMILES string of the molecule is C=CCN(C(=O)COc1cccc(C)c1)c1nc(-c2ccc([N+](=O)[O-])cc2)cs1. The molecule has 0 N–H and O–H groups in total. The first-order chi connectivity index (χ1) is 14.0. The minimum atomic E-state index is -0.449. The van der Waals surface area contributed by atoms with Crippen molar-refractivity contribution >= 4 is 28.1 Å². The van der Waals surface area contributed by atoms with Crippen molar-refractivity contribution in [2.45, 2.75) is 6.92 Å². The summed E-state index contributed by atoms with van der Waals surface area (Å²) in [6.45, 7) is 5.83. The average molecular weight is 409 g/mol. The van der Waals surface area contributed by atoms with Crippen LogP contribution in [0.3, 0.4) is 0 Å². The van der Waals surface area contributed by atoms with Gasteiger partial charge in [-0.15, -0.1) is 17.9 Å². The van der Waals surface area contributed by atoms with Crippen LogP contribution in [0, 0.1) is 17.0 Å². The fourth-order valence-electron chi connectivity index (χ4n) is 2.62. The number of thiazole rings is 1. The first kappa shape index (κ1) is 20.2. The Morgan fingerprint density at radius 2 is 2.07 bits per heavy atom. The van der Waals surface area contributed by atoms with Gasteiger partial charge in [-0.3, -0.25) is 19.8 Å². The second-order valence-electron chi connectivity index (χ2n) is 6.22. The Morgan fingerprint density at radius 3 is 2.72 bits per heavy atom. The zero-order valence-corrected chi connectivity index (χ0v) is 16.6. The number of rotatable bonds is 8. The van der Waals surface area contributed by atoms with Crippen molar-refractivity contribution in [1.82, 2.24) is 4.98 Å². The predicted molar refractivity (Wildman–Crippen MR) is 113 cm³/mol. The molecule has 0 saturated heterocycles. The molecule has 148 valence electrons. The van der Waals surface area contributed by atoms with Gasteiger partial charge in [-0.2, -0.15) is 0 Å². The third-order valence-corrected chi connectivity index (χ3v) is 4.93. The van der Waals surface area contributed by atoms with E-state index >= 15 is 0 Å². The fourth-order valence-corrected chi connectivity index (χ4v) is 3.48. The molecule has 0 atom stereocenters. The van der Waals surface area contributed by atoms with Crippen molar-refractivity contribution in [2.24, 2.45) is 0 Å². The molecule has 0 saturated carbocycles. The Bertz CT molecular complexity index is 1030. The monoisotopic (exact) mass is 409 g/mol. The number of nitro groups is 1. The molecule has 29 heavy (non-hydrogen) atoms. The van der Waals surface area contributed by atoms with Crippen molar-refractivity contribution < 1.29 is 14.5 Å². The average Bonchev–Trinajstić information content (AvgIpc) is 3.20. The number of carbonyl (C=O) groups is 1. The topological polar surface area (TPSA) is 85.6 Å².